The van der Waals surface area contributed by atoms with Gasteiger partial charge in [0.2, 0.25) is 0 Å². The molecule has 19 heavy (non-hydrogen) atoms. The Bertz CT molecular complexity index is 430. The minimum atomic E-state index is -0.752. The summed E-state index contributed by atoms with van der Waals surface area (Å²) in [6.07, 6.45) is 0. The maximum atomic E-state index is 11.1. The molecule has 0 heterocycles. The van der Waals surface area contributed by atoms with E-state index in [1.54, 1.807) is 25.6 Å². The molecule has 0 spiro atoms. The van der Waals surface area contributed by atoms with E-state index < -0.39 is 11.4 Å². The molecule has 0 saturated heterocycles. The van der Waals surface area contributed by atoms with Crippen LogP contribution in [-0.2, 0) is 11.3 Å². The van der Waals surface area contributed by atoms with E-state index in [-0.39, 0.29) is 0 Å². The molecule has 0 amide bonds. The quantitative estimate of drug-likeness (QED) is 0.752. The number of benzene rings is 1. The molecule has 0 atom stereocenters. The fourth-order valence-electron chi connectivity index (χ4n) is 1.39. The summed E-state index contributed by atoms with van der Waals surface area (Å²) in [6, 6.07) is 8.72. The van der Waals surface area contributed by atoms with Gasteiger partial charge in [0.1, 0.15) is 0 Å². The Kier molecular flexibility index (Phi) is 5.88. The Balaban J connectivity index is 2.60. The molecule has 0 aliphatic carbocycles. The Hall–Kier alpha value is -1.00. The van der Waals surface area contributed by atoms with Crippen molar-refractivity contribution in [2.45, 2.75) is 45.2 Å². The van der Waals surface area contributed by atoms with Crippen LogP contribution in [0.15, 0.2) is 29.2 Å². The summed E-state index contributed by atoms with van der Waals surface area (Å²) >= 11 is 1.60. The van der Waals surface area contributed by atoms with Crippen molar-refractivity contribution in [3.05, 3.63) is 29.8 Å². The molecule has 2 N–H and O–H groups in total. The summed E-state index contributed by atoms with van der Waals surface area (Å²) in [6.45, 7) is 8.59. The van der Waals surface area contributed by atoms with Gasteiger partial charge in [-0.3, -0.25) is 4.79 Å². The minimum absolute atomic E-state index is 0.460. The van der Waals surface area contributed by atoms with Crippen LogP contribution in [0.3, 0.4) is 0 Å². The van der Waals surface area contributed by atoms with Gasteiger partial charge >= 0.3 is 5.97 Å². The monoisotopic (exact) mass is 281 g/mol. The summed E-state index contributed by atoms with van der Waals surface area (Å²) in [5, 5.41) is 12.5. The van der Waals surface area contributed by atoms with Crippen LogP contribution in [0.1, 0.15) is 33.3 Å². The van der Waals surface area contributed by atoms with Gasteiger partial charge in [-0.15, -0.1) is 11.8 Å². The highest BCUT2D eigenvalue weighted by Gasteiger charge is 2.27. The molecule has 106 valence electrons. The predicted octanol–water partition coefficient (Wildman–Crippen LogP) is 3.39. The summed E-state index contributed by atoms with van der Waals surface area (Å²) < 4.78 is 0. The minimum Gasteiger partial charge on any atom is -0.481 e. The lowest BCUT2D eigenvalue weighted by Crippen LogP contribution is -2.26. The predicted molar refractivity (Wildman–Crippen MR) is 80.6 cm³/mol. The van der Waals surface area contributed by atoms with Gasteiger partial charge in [0.15, 0.2) is 0 Å². The summed E-state index contributed by atoms with van der Waals surface area (Å²) in [4.78, 5) is 12.2. The number of hydrogen-bond donors (Lipinski definition) is 2. The van der Waals surface area contributed by atoms with Crippen molar-refractivity contribution in [2.24, 2.45) is 5.41 Å². The van der Waals surface area contributed by atoms with Gasteiger partial charge in [0.05, 0.1) is 5.41 Å². The van der Waals surface area contributed by atoms with Crippen molar-refractivity contribution in [3.8, 4) is 0 Å². The van der Waals surface area contributed by atoms with Crippen LogP contribution in [0, 0.1) is 5.41 Å². The molecular formula is C15H23NO2S. The van der Waals surface area contributed by atoms with Crippen molar-refractivity contribution < 1.29 is 9.90 Å². The number of carboxylic acids is 1. The summed E-state index contributed by atoms with van der Waals surface area (Å²) in [7, 11) is 0. The van der Waals surface area contributed by atoms with Gasteiger partial charge in [0.25, 0.3) is 0 Å². The second-order valence-corrected chi connectivity index (χ2v) is 6.71. The number of carboxylic acid groups (broad SMARTS) is 1. The van der Waals surface area contributed by atoms with E-state index in [2.05, 4.69) is 31.3 Å². The Morgan fingerprint density at radius 3 is 2.68 bits per heavy atom. The standard InChI is InChI=1S/C15H23NO2S/c1-11(2)16-9-12-6-5-7-13(8-12)19-10-15(3,4)14(17)18/h5-8,11,16H,9-10H2,1-4H3,(H,17,18). The molecule has 1 aromatic rings. The zero-order valence-corrected chi connectivity index (χ0v) is 12.9. The van der Waals surface area contributed by atoms with E-state index in [1.165, 1.54) is 5.56 Å². The molecule has 0 bridgehead atoms. The van der Waals surface area contributed by atoms with Crippen LogP contribution in [0.5, 0.6) is 0 Å². The first-order valence-electron chi connectivity index (χ1n) is 6.50. The largest absolute Gasteiger partial charge is 0.481 e. The normalized spacial score (nSPS) is 11.8. The molecule has 0 fully saturated rings. The number of rotatable bonds is 7. The third-order valence-corrected chi connectivity index (χ3v) is 4.24. The van der Waals surface area contributed by atoms with Crippen LogP contribution in [0.4, 0.5) is 0 Å². The zero-order valence-electron chi connectivity index (χ0n) is 12.1. The molecule has 0 aliphatic heterocycles. The van der Waals surface area contributed by atoms with Gasteiger partial charge in [0, 0.05) is 23.2 Å². The molecule has 0 radical (unpaired) electrons. The van der Waals surface area contributed by atoms with Crippen molar-refractivity contribution in [2.75, 3.05) is 5.75 Å². The van der Waals surface area contributed by atoms with Crippen LogP contribution >= 0.6 is 11.8 Å². The van der Waals surface area contributed by atoms with E-state index in [0.29, 0.717) is 11.8 Å². The lowest BCUT2D eigenvalue weighted by molar-refractivity contribution is -0.145. The van der Waals surface area contributed by atoms with Crippen LogP contribution in [0.2, 0.25) is 0 Å². The maximum absolute atomic E-state index is 11.1. The van der Waals surface area contributed by atoms with Crippen molar-refractivity contribution >= 4 is 17.7 Å². The SMILES string of the molecule is CC(C)NCc1cccc(SCC(C)(C)C(=O)O)c1. The average Bonchev–Trinajstić information content (AvgIpc) is 2.34. The average molecular weight is 281 g/mol. The first-order chi connectivity index (χ1) is 8.81. The first-order valence-corrected chi connectivity index (χ1v) is 7.48. The molecule has 1 rings (SSSR count). The molecule has 4 heteroatoms. The number of carbonyl (C=O) groups is 1. The molecular weight excluding hydrogens is 258 g/mol. The van der Waals surface area contributed by atoms with Gasteiger partial charge in [-0.25, -0.2) is 0 Å². The van der Waals surface area contributed by atoms with Crippen molar-refractivity contribution in [1.29, 1.82) is 0 Å². The van der Waals surface area contributed by atoms with Crippen molar-refractivity contribution in [3.63, 3.8) is 0 Å². The molecule has 0 unspecified atom stereocenters. The second-order valence-electron chi connectivity index (χ2n) is 5.66. The Morgan fingerprint density at radius 1 is 1.42 bits per heavy atom. The smallest absolute Gasteiger partial charge is 0.309 e. The van der Waals surface area contributed by atoms with E-state index >= 15 is 0 Å². The highest BCUT2D eigenvalue weighted by atomic mass is 32.2. The zero-order chi connectivity index (χ0) is 14.5. The third-order valence-electron chi connectivity index (χ3n) is 2.79. The van der Waals surface area contributed by atoms with E-state index in [1.807, 2.05) is 12.1 Å². The summed E-state index contributed by atoms with van der Waals surface area (Å²) in [5.74, 6) is -0.179. The van der Waals surface area contributed by atoms with Gasteiger partial charge in [-0.2, -0.15) is 0 Å². The second kappa shape index (κ2) is 6.96. The van der Waals surface area contributed by atoms with E-state index in [4.69, 9.17) is 5.11 Å². The number of thioether (sulfide) groups is 1. The maximum Gasteiger partial charge on any atom is 0.309 e. The van der Waals surface area contributed by atoms with Gasteiger partial charge in [-0.1, -0.05) is 26.0 Å². The molecule has 3 nitrogen and oxygen atoms in total. The Morgan fingerprint density at radius 2 is 2.11 bits per heavy atom. The Labute approximate surface area is 119 Å². The van der Waals surface area contributed by atoms with Crippen LogP contribution in [-0.4, -0.2) is 22.9 Å². The number of nitrogens with one attached hydrogen (secondary N) is 1. The van der Waals surface area contributed by atoms with Gasteiger partial charge in [-0.05, 0) is 31.5 Å². The fraction of sp³-hybridized carbons (Fsp3) is 0.533. The molecule has 0 aromatic heterocycles. The summed E-state index contributed by atoms with van der Waals surface area (Å²) in [5.41, 5.74) is 0.531. The molecule has 0 saturated carbocycles. The van der Waals surface area contributed by atoms with Crippen molar-refractivity contribution in [1.82, 2.24) is 5.32 Å². The fourth-order valence-corrected chi connectivity index (χ4v) is 2.45. The topological polar surface area (TPSA) is 49.3 Å². The van der Waals surface area contributed by atoms with Gasteiger partial charge < -0.3 is 10.4 Å². The molecule has 1 aromatic carbocycles. The number of hydrogen-bond acceptors (Lipinski definition) is 3. The first kappa shape index (κ1) is 16.1. The highest BCUT2D eigenvalue weighted by Crippen LogP contribution is 2.28. The van der Waals surface area contributed by atoms with Crippen LogP contribution < -0.4 is 5.32 Å². The van der Waals surface area contributed by atoms with Crippen LogP contribution in [0.25, 0.3) is 0 Å². The van der Waals surface area contributed by atoms with E-state index in [0.717, 1.165) is 11.4 Å². The highest BCUT2D eigenvalue weighted by molar-refractivity contribution is 7.99. The third kappa shape index (κ3) is 5.66. The number of aliphatic carboxylic acids is 1. The lowest BCUT2D eigenvalue weighted by atomic mass is 9.97. The van der Waals surface area contributed by atoms with E-state index in [9.17, 15) is 4.79 Å². The lowest BCUT2D eigenvalue weighted by Gasteiger charge is -2.18. The molecule has 0 aliphatic rings.